The van der Waals surface area contributed by atoms with E-state index in [4.69, 9.17) is 14.2 Å². The molecule has 0 spiro atoms. The van der Waals surface area contributed by atoms with Crippen LogP contribution in [-0.2, 0) is 9.53 Å². The molecule has 0 aliphatic carbocycles. The summed E-state index contributed by atoms with van der Waals surface area (Å²) >= 11 is 3.40. The lowest BCUT2D eigenvalue weighted by atomic mass is 10.2. The number of carbonyl (C=O) groups is 1. The van der Waals surface area contributed by atoms with Crippen LogP contribution in [0.4, 0.5) is 5.69 Å². The predicted octanol–water partition coefficient (Wildman–Crippen LogP) is 3.80. The number of rotatable bonds is 8. The number of hydrogen-bond donors (Lipinski definition) is 1. The third-order valence-corrected chi connectivity index (χ3v) is 3.66. The van der Waals surface area contributed by atoms with Gasteiger partial charge in [0.05, 0.1) is 6.61 Å². The van der Waals surface area contributed by atoms with E-state index in [2.05, 4.69) is 21.2 Å². The van der Waals surface area contributed by atoms with Crippen LogP contribution in [0.25, 0.3) is 0 Å². The SMILES string of the molecule is COCCOc1cccc(NC(=O)COc2ccc(Br)cc2C)c1. The molecule has 0 saturated carbocycles. The fourth-order valence-electron chi connectivity index (χ4n) is 2.02. The Morgan fingerprint density at radius 3 is 2.71 bits per heavy atom. The van der Waals surface area contributed by atoms with E-state index >= 15 is 0 Å². The molecule has 0 heterocycles. The third-order valence-electron chi connectivity index (χ3n) is 3.17. The molecule has 0 bridgehead atoms. The Labute approximate surface area is 150 Å². The first kappa shape index (κ1) is 18.3. The second-order valence-electron chi connectivity index (χ2n) is 5.12. The molecule has 0 fully saturated rings. The van der Waals surface area contributed by atoms with Crippen LogP contribution >= 0.6 is 15.9 Å². The van der Waals surface area contributed by atoms with Crippen molar-refractivity contribution in [1.29, 1.82) is 0 Å². The number of methoxy groups -OCH3 is 1. The normalized spacial score (nSPS) is 10.3. The number of halogens is 1. The van der Waals surface area contributed by atoms with Crippen LogP contribution in [0.15, 0.2) is 46.9 Å². The number of hydrogen-bond acceptors (Lipinski definition) is 4. The molecule has 0 atom stereocenters. The van der Waals surface area contributed by atoms with E-state index < -0.39 is 0 Å². The van der Waals surface area contributed by atoms with Gasteiger partial charge in [-0.3, -0.25) is 4.79 Å². The van der Waals surface area contributed by atoms with Crippen molar-refractivity contribution in [3.63, 3.8) is 0 Å². The van der Waals surface area contributed by atoms with Crippen molar-refractivity contribution < 1.29 is 19.0 Å². The zero-order valence-electron chi connectivity index (χ0n) is 13.7. The van der Waals surface area contributed by atoms with E-state index in [9.17, 15) is 4.79 Å². The molecule has 24 heavy (non-hydrogen) atoms. The Bertz CT molecular complexity index is 690. The Morgan fingerprint density at radius 1 is 1.12 bits per heavy atom. The smallest absolute Gasteiger partial charge is 0.262 e. The molecule has 2 aromatic rings. The molecule has 2 rings (SSSR count). The van der Waals surface area contributed by atoms with Crippen LogP contribution in [0.3, 0.4) is 0 Å². The number of ether oxygens (including phenoxy) is 3. The lowest BCUT2D eigenvalue weighted by Gasteiger charge is -2.11. The van der Waals surface area contributed by atoms with Crippen molar-refractivity contribution in [2.75, 3.05) is 32.2 Å². The van der Waals surface area contributed by atoms with Gasteiger partial charge in [-0.2, -0.15) is 0 Å². The molecular weight excluding hydrogens is 374 g/mol. The molecule has 0 aliphatic rings. The molecule has 0 aromatic heterocycles. The minimum Gasteiger partial charge on any atom is -0.491 e. The highest BCUT2D eigenvalue weighted by Gasteiger charge is 2.07. The highest BCUT2D eigenvalue weighted by atomic mass is 79.9. The van der Waals surface area contributed by atoms with Gasteiger partial charge in [0.15, 0.2) is 6.61 Å². The second kappa shape index (κ2) is 9.30. The fraction of sp³-hybridized carbons (Fsp3) is 0.278. The summed E-state index contributed by atoms with van der Waals surface area (Å²) in [6, 6.07) is 12.8. The highest BCUT2D eigenvalue weighted by Crippen LogP contribution is 2.22. The lowest BCUT2D eigenvalue weighted by molar-refractivity contribution is -0.118. The lowest BCUT2D eigenvalue weighted by Crippen LogP contribution is -2.20. The summed E-state index contributed by atoms with van der Waals surface area (Å²) in [5.41, 5.74) is 1.62. The average Bonchev–Trinajstić information content (AvgIpc) is 2.55. The number of aryl methyl sites for hydroxylation is 1. The van der Waals surface area contributed by atoms with Crippen LogP contribution in [0.5, 0.6) is 11.5 Å². The second-order valence-corrected chi connectivity index (χ2v) is 6.03. The highest BCUT2D eigenvalue weighted by molar-refractivity contribution is 9.10. The van der Waals surface area contributed by atoms with Gasteiger partial charge >= 0.3 is 0 Å². The molecule has 0 saturated heterocycles. The van der Waals surface area contributed by atoms with Crippen molar-refractivity contribution in [3.05, 3.63) is 52.5 Å². The molecule has 128 valence electrons. The molecule has 5 nitrogen and oxygen atoms in total. The van der Waals surface area contributed by atoms with Crippen molar-refractivity contribution in [1.82, 2.24) is 0 Å². The number of anilines is 1. The van der Waals surface area contributed by atoms with E-state index in [0.29, 0.717) is 30.4 Å². The van der Waals surface area contributed by atoms with Crippen molar-refractivity contribution in [2.24, 2.45) is 0 Å². The van der Waals surface area contributed by atoms with E-state index in [0.717, 1.165) is 10.0 Å². The van der Waals surface area contributed by atoms with Crippen LogP contribution in [0.1, 0.15) is 5.56 Å². The molecule has 1 N–H and O–H groups in total. The van der Waals surface area contributed by atoms with Gasteiger partial charge in [-0.1, -0.05) is 22.0 Å². The number of nitrogens with one attached hydrogen (secondary N) is 1. The zero-order chi connectivity index (χ0) is 17.4. The number of amides is 1. The van der Waals surface area contributed by atoms with Gasteiger partial charge in [0.2, 0.25) is 0 Å². The van der Waals surface area contributed by atoms with Gasteiger partial charge in [-0.25, -0.2) is 0 Å². The van der Waals surface area contributed by atoms with Crippen LogP contribution < -0.4 is 14.8 Å². The molecule has 1 amide bonds. The van der Waals surface area contributed by atoms with E-state index in [-0.39, 0.29) is 12.5 Å². The summed E-state index contributed by atoms with van der Waals surface area (Å²) in [5.74, 6) is 1.13. The Kier molecular flexibility index (Phi) is 7.08. The average molecular weight is 394 g/mol. The summed E-state index contributed by atoms with van der Waals surface area (Å²) < 4.78 is 17.0. The van der Waals surface area contributed by atoms with Gasteiger partial charge in [0, 0.05) is 23.3 Å². The zero-order valence-corrected chi connectivity index (χ0v) is 15.3. The first-order valence-electron chi connectivity index (χ1n) is 7.49. The Morgan fingerprint density at radius 2 is 1.96 bits per heavy atom. The molecular formula is C18H20BrNO4. The molecule has 0 radical (unpaired) electrons. The van der Waals surface area contributed by atoms with Crippen LogP contribution in [-0.4, -0.2) is 32.8 Å². The fourth-order valence-corrected chi connectivity index (χ4v) is 2.50. The van der Waals surface area contributed by atoms with Gasteiger partial charge in [-0.15, -0.1) is 0 Å². The van der Waals surface area contributed by atoms with Crippen LogP contribution in [0, 0.1) is 6.92 Å². The van der Waals surface area contributed by atoms with Crippen molar-refractivity contribution in [2.45, 2.75) is 6.92 Å². The van der Waals surface area contributed by atoms with E-state index in [1.807, 2.05) is 37.3 Å². The Hall–Kier alpha value is -2.05. The first-order valence-corrected chi connectivity index (χ1v) is 8.28. The van der Waals surface area contributed by atoms with Gasteiger partial charge < -0.3 is 19.5 Å². The minimum absolute atomic E-state index is 0.0583. The van der Waals surface area contributed by atoms with Gasteiger partial charge in [-0.05, 0) is 42.8 Å². The van der Waals surface area contributed by atoms with Gasteiger partial charge in [0.25, 0.3) is 5.91 Å². The number of carbonyl (C=O) groups excluding carboxylic acids is 1. The maximum Gasteiger partial charge on any atom is 0.262 e. The standard InChI is InChI=1S/C18H20BrNO4/c1-13-10-14(19)6-7-17(13)24-12-18(21)20-15-4-3-5-16(11-15)23-9-8-22-2/h3-7,10-11H,8-9,12H2,1-2H3,(H,20,21). The maximum absolute atomic E-state index is 12.0. The molecule has 6 heteroatoms. The third kappa shape index (κ3) is 5.86. The molecule has 0 aliphatic heterocycles. The topological polar surface area (TPSA) is 56.8 Å². The predicted molar refractivity (Wildman–Crippen MR) is 96.8 cm³/mol. The summed E-state index contributed by atoms with van der Waals surface area (Å²) in [5, 5.41) is 2.79. The van der Waals surface area contributed by atoms with Crippen molar-refractivity contribution >= 4 is 27.5 Å². The van der Waals surface area contributed by atoms with E-state index in [1.165, 1.54) is 0 Å². The summed E-state index contributed by atoms with van der Waals surface area (Å²) in [6.45, 7) is 2.84. The maximum atomic E-state index is 12.0. The molecule has 2 aromatic carbocycles. The molecule has 0 unspecified atom stereocenters. The summed E-state index contributed by atoms with van der Waals surface area (Å²) in [6.07, 6.45) is 0. The Balaban J connectivity index is 1.86. The first-order chi connectivity index (χ1) is 11.6. The quantitative estimate of drug-likeness (QED) is 0.692. The minimum atomic E-state index is -0.230. The van der Waals surface area contributed by atoms with Gasteiger partial charge in [0.1, 0.15) is 18.1 Å². The monoisotopic (exact) mass is 393 g/mol. The van der Waals surface area contributed by atoms with E-state index in [1.54, 1.807) is 19.2 Å². The van der Waals surface area contributed by atoms with Crippen molar-refractivity contribution in [3.8, 4) is 11.5 Å². The number of benzene rings is 2. The summed E-state index contributed by atoms with van der Waals surface area (Å²) in [4.78, 5) is 12.0. The largest absolute Gasteiger partial charge is 0.491 e. The summed E-state index contributed by atoms with van der Waals surface area (Å²) in [7, 11) is 1.62. The van der Waals surface area contributed by atoms with Crippen LogP contribution in [0.2, 0.25) is 0 Å².